The number of halogens is 3. The zero-order valence-corrected chi connectivity index (χ0v) is 19.4. The molecule has 1 heterocycles. The van der Waals surface area contributed by atoms with Gasteiger partial charge in [0, 0.05) is 17.3 Å². The Labute approximate surface area is 205 Å². The molecule has 0 bridgehead atoms. The van der Waals surface area contributed by atoms with Gasteiger partial charge in [0.2, 0.25) is 5.89 Å². The Balaban J connectivity index is 1.51. The second-order valence-electron chi connectivity index (χ2n) is 9.17. The third-order valence-corrected chi connectivity index (χ3v) is 6.71. The highest BCUT2D eigenvalue weighted by Crippen LogP contribution is 2.44. The summed E-state index contributed by atoms with van der Waals surface area (Å²) in [5.41, 5.74) is 5.46. The van der Waals surface area contributed by atoms with Crippen molar-refractivity contribution < 1.29 is 27.1 Å². The molecule has 0 aliphatic heterocycles. The molecule has 1 saturated carbocycles. The van der Waals surface area contributed by atoms with Gasteiger partial charge in [0.25, 0.3) is 0 Å². The molecule has 4 N–H and O–H groups in total. The summed E-state index contributed by atoms with van der Waals surface area (Å²) in [6, 6.07) is 13.2. The highest BCUT2D eigenvalue weighted by atomic mass is 19.4. The largest absolute Gasteiger partial charge is 0.450 e. The number of anilines is 1. The minimum absolute atomic E-state index is 0.0863. The minimum atomic E-state index is -4.56. The molecule has 0 atom stereocenters. The highest BCUT2D eigenvalue weighted by molar-refractivity contribution is 5.65. The number of carbonyl (C=O) groups excluding carboxylic acids is 1. The summed E-state index contributed by atoms with van der Waals surface area (Å²) in [5, 5.41) is 8.88. The Morgan fingerprint density at radius 1 is 1.19 bits per heavy atom. The predicted molar refractivity (Wildman–Crippen MR) is 126 cm³/mol. The Kier molecular flexibility index (Phi) is 7.37. The highest BCUT2D eigenvalue weighted by Gasteiger charge is 2.38. The molecule has 11 heteroatoms. The van der Waals surface area contributed by atoms with Crippen LogP contribution >= 0.6 is 0 Å². The second-order valence-corrected chi connectivity index (χ2v) is 9.17. The molecule has 192 valence electrons. The summed E-state index contributed by atoms with van der Waals surface area (Å²) in [7, 11) is 0. The lowest BCUT2D eigenvalue weighted by Gasteiger charge is -2.41. The first-order valence-corrected chi connectivity index (χ1v) is 11.6. The van der Waals surface area contributed by atoms with Crippen LogP contribution in [0.25, 0.3) is 11.5 Å². The molecule has 1 aliphatic rings. The van der Waals surface area contributed by atoms with E-state index in [0.29, 0.717) is 19.3 Å². The predicted octanol–water partition coefficient (Wildman–Crippen LogP) is 5.12. The summed E-state index contributed by atoms with van der Waals surface area (Å²) in [6.07, 6.45) is -1.29. The first kappa shape index (κ1) is 25.3. The third-order valence-electron chi connectivity index (χ3n) is 6.71. The summed E-state index contributed by atoms with van der Waals surface area (Å²) >= 11 is 0. The lowest BCUT2D eigenvalue weighted by molar-refractivity contribution is -0.137. The average molecular weight is 505 g/mol. The van der Waals surface area contributed by atoms with E-state index in [1.54, 1.807) is 0 Å². The van der Waals surface area contributed by atoms with Gasteiger partial charge in [-0.05, 0) is 67.7 Å². The molecular formula is C25H27F3N4O4. The number of hydrogen-bond donors (Lipinski definition) is 3. The van der Waals surface area contributed by atoms with Crippen molar-refractivity contribution >= 4 is 11.8 Å². The molecule has 4 rings (SSSR count). The molecule has 1 amide bonds. The number of aromatic amines is 1. The molecule has 0 spiro atoms. The van der Waals surface area contributed by atoms with E-state index in [1.807, 2.05) is 30.3 Å². The van der Waals surface area contributed by atoms with Crippen molar-refractivity contribution in [2.75, 3.05) is 11.9 Å². The monoisotopic (exact) mass is 504 g/mol. The maximum absolute atomic E-state index is 13.7. The van der Waals surface area contributed by atoms with Gasteiger partial charge in [0.05, 0.1) is 12.2 Å². The summed E-state index contributed by atoms with van der Waals surface area (Å²) < 4.78 is 51.1. The fraction of sp³-hybridized carbons (Fsp3) is 0.400. The Hall–Kier alpha value is -3.76. The molecule has 1 aliphatic carbocycles. The van der Waals surface area contributed by atoms with E-state index in [2.05, 4.69) is 15.5 Å². The zero-order valence-electron chi connectivity index (χ0n) is 19.4. The number of alkyl halides is 3. The van der Waals surface area contributed by atoms with Crippen LogP contribution in [0.5, 0.6) is 0 Å². The molecular weight excluding hydrogens is 477 g/mol. The molecule has 0 unspecified atom stereocenters. The minimum Gasteiger partial charge on any atom is -0.450 e. The number of H-pyrrole nitrogens is 1. The van der Waals surface area contributed by atoms with Crippen molar-refractivity contribution in [3.05, 3.63) is 70.2 Å². The summed E-state index contributed by atoms with van der Waals surface area (Å²) in [4.78, 5) is 22.4. The van der Waals surface area contributed by atoms with Gasteiger partial charge in [-0.1, -0.05) is 30.3 Å². The number of hydrogen-bond acceptors (Lipinski definition) is 6. The van der Waals surface area contributed by atoms with Gasteiger partial charge in [-0.25, -0.2) is 14.7 Å². The van der Waals surface area contributed by atoms with Crippen LogP contribution in [0.2, 0.25) is 0 Å². The molecule has 1 fully saturated rings. The van der Waals surface area contributed by atoms with Crippen LogP contribution in [0, 0.1) is 5.41 Å². The fourth-order valence-corrected chi connectivity index (χ4v) is 4.90. The van der Waals surface area contributed by atoms with E-state index in [4.69, 9.17) is 14.9 Å². The number of primary amides is 1. The van der Waals surface area contributed by atoms with Crippen LogP contribution in [-0.2, 0) is 17.3 Å². The van der Waals surface area contributed by atoms with E-state index in [-0.39, 0.29) is 35.2 Å². The van der Waals surface area contributed by atoms with Crippen molar-refractivity contribution in [2.45, 2.75) is 50.7 Å². The lowest BCUT2D eigenvalue weighted by Crippen LogP contribution is -2.36. The molecule has 36 heavy (non-hydrogen) atoms. The van der Waals surface area contributed by atoms with Crippen molar-refractivity contribution in [1.82, 2.24) is 10.2 Å². The molecule has 2 aromatic carbocycles. The maximum Gasteiger partial charge on any atom is 0.434 e. The number of amides is 1. The average Bonchev–Trinajstić information content (AvgIpc) is 3.27. The van der Waals surface area contributed by atoms with E-state index >= 15 is 0 Å². The molecule has 0 saturated heterocycles. The lowest BCUT2D eigenvalue weighted by atomic mass is 9.67. The molecule has 1 aromatic heterocycles. The molecule has 3 aromatic rings. The number of benzene rings is 2. The van der Waals surface area contributed by atoms with Gasteiger partial charge in [-0.2, -0.15) is 13.2 Å². The van der Waals surface area contributed by atoms with E-state index in [1.165, 1.54) is 12.1 Å². The van der Waals surface area contributed by atoms with Crippen LogP contribution in [0.1, 0.15) is 43.2 Å². The van der Waals surface area contributed by atoms with Crippen LogP contribution < -0.4 is 16.8 Å². The normalized spacial score (nSPS) is 20.1. The van der Waals surface area contributed by atoms with Gasteiger partial charge in [0.1, 0.15) is 0 Å². The number of carbonyl (C=O) groups is 1. The number of ether oxygens (including phenoxy) is 1. The van der Waals surface area contributed by atoms with E-state index < -0.39 is 23.6 Å². The molecule has 8 nitrogen and oxygen atoms in total. The number of nitrogens with zero attached hydrogens (tertiary/aromatic N) is 1. The van der Waals surface area contributed by atoms with Gasteiger partial charge in [0.15, 0.2) is 0 Å². The standard InChI is InChI=1S/C25H27F3N4O4/c26-25(27,28)19-7-6-17(21-31-32-23(34)36-21)14-20(19)30-18-8-10-24(11-9-18,12-13-35-22(29)33)15-16-4-2-1-3-5-16/h1-7,14,18,30H,8-13,15H2,(H2,29,33)(H,32,34). The smallest absolute Gasteiger partial charge is 0.434 e. The van der Waals surface area contributed by atoms with Crippen LogP contribution in [0.15, 0.2) is 57.7 Å². The third kappa shape index (κ3) is 6.27. The van der Waals surface area contributed by atoms with Crippen molar-refractivity contribution in [3.8, 4) is 11.5 Å². The van der Waals surface area contributed by atoms with E-state index in [9.17, 15) is 22.8 Å². The fourth-order valence-electron chi connectivity index (χ4n) is 4.90. The first-order valence-electron chi connectivity index (χ1n) is 11.6. The Bertz CT molecular complexity index is 1230. The zero-order chi connectivity index (χ0) is 25.8. The Morgan fingerprint density at radius 2 is 1.92 bits per heavy atom. The van der Waals surface area contributed by atoms with Crippen LogP contribution in [0.3, 0.4) is 0 Å². The van der Waals surface area contributed by atoms with Gasteiger partial charge >= 0.3 is 18.0 Å². The quantitative estimate of drug-likeness (QED) is 0.391. The SMILES string of the molecule is NC(=O)OCCC1(Cc2ccccc2)CCC(Nc2cc(-c3n[nH]c(=O)o3)ccc2C(F)(F)F)CC1. The molecule has 0 radical (unpaired) electrons. The van der Waals surface area contributed by atoms with Crippen LogP contribution in [0.4, 0.5) is 23.7 Å². The number of nitrogens with two attached hydrogens (primary N) is 1. The van der Waals surface area contributed by atoms with Gasteiger partial charge in [-0.3, -0.25) is 0 Å². The van der Waals surface area contributed by atoms with Crippen molar-refractivity contribution in [2.24, 2.45) is 11.1 Å². The van der Waals surface area contributed by atoms with Crippen LogP contribution in [-0.4, -0.2) is 28.9 Å². The van der Waals surface area contributed by atoms with Crippen molar-refractivity contribution in [1.29, 1.82) is 0 Å². The number of rotatable bonds is 8. The topological polar surface area (TPSA) is 123 Å². The first-order chi connectivity index (χ1) is 17.1. The Morgan fingerprint density at radius 3 is 2.53 bits per heavy atom. The maximum atomic E-state index is 13.7. The second kappa shape index (κ2) is 10.5. The van der Waals surface area contributed by atoms with Crippen molar-refractivity contribution in [3.63, 3.8) is 0 Å². The summed E-state index contributed by atoms with van der Waals surface area (Å²) in [5.74, 6) is -0.876. The number of nitrogens with one attached hydrogen (secondary N) is 2. The van der Waals surface area contributed by atoms with Gasteiger partial charge < -0.3 is 20.2 Å². The summed E-state index contributed by atoms with van der Waals surface area (Å²) in [6.45, 7) is 0.190. The number of aromatic nitrogens is 2. The van der Waals surface area contributed by atoms with Gasteiger partial charge in [-0.15, -0.1) is 5.10 Å². The van der Waals surface area contributed by atoms with E-state index in [0.717, 1.165) is 30.9 Å².